The third kappa shape index (κ3) is 2.91. The second-order valence-corrected chi connectivity index (χ2v) is 3.38. The van der Waals surface area contributed by atoms with E-state index in [1.54, 1.807) is 0 Å². The molecule has 0 bridgehead atoms. The van der Waals surface area contributed by atoms with Gasteiger partial charge in [-0.3, -0.25) is 0 Å². The summed E-state index contributed by atoms with van der Waals surface area (Å²) in [6.45, 7) is 3.97. The van der Waals surface area contributed by atoms with E-state index in [-0.39, 0.29) is 18.6 Å². The van der Waals surface area contributed by atoms with Crippen LogP contribution in [0.5, 0.6) is 0 Å². The van der Waals surface area contributed by atoms with Crippen molar-refractivity contribution in [1.29, 1.82) is 0 Å². The van der Waals surface area contributed by atoms with Crippen LogP contribution in [-0.2, 0) is 18.6 Å². The number of aromatic nitrogens is 2. The van der Waals surface area contributed by atoms with Crippen molar-refractivity contribution in [3.05, 3.63) is 48.0 Å². The van der Waals surface area contributed by atoms with E-state index in [9.17, 15) is 0 Å². The van der Waals surface area contributed by atoms with Gasteiger partial charge in [-0.25, -0.2) is 9.97 Å². The van der Waals surface area contributed by atoms with Crippen molar-refractivity contribution in [2.45, 2.75) is 13.8 Å². The molecule has 0 aliphatic heterocycles. The summed E-state index contributed by atoms with van der Waals surface area (Å²) < 4.78 is 0. The van der Waals surface area contributed by atoms with Crippen LogP contribution in [0.2, 0.25) is 0 Å². The molecule has 0 aliphatic rings. The van der Waals surface area contributed by atoms with Gasteiger partial charge in [-0.05, 0) is 19.4 Å². The average Bonchev–Trinajstić information content (AvgIpc) is 2.21. The van der Waals surface area contributed by atoms with E-state index in [1.165, 1.54) is 5.56 Å². The van der Waals surface area contributed by atoms with E-state index in [0.717, 1.165) is 17.0 Å². The predicted octanol–water partition coefficient (Wildman–Crippen LogP) is 2.76. The van der Waals surface area contributed by atoms with Crippen LogP contribution in [0.4, 0.5) is 0 Å². The molecular formula is C12H12N2V. The first-order valence-electron chi connectivity index (χ1n) is 4.61. The quantitative estimate of drug-likeness (QED) is 0.759. The van der Waals surface area contributed by atoms with Gasteiger partial charge in [0, 0.05) is 36.5 Å². The number of hydrogen-bond donors (Lipinski definition) is 0. The van der Waals surface area contributed by atoms with E-state index < -0.39 is 0 Å². The van der Waals surface area contributed by atoms with E-state index in [0.29, 0.717) is 0 Å². The van der Waals surface area contributed by atoms with Crippen LogP contribution in [-0.4, -0.2) is 9.97 Å². The van der Waals surface area contributed by atoms with Crippen LogP contribution >= 0.6 is 0 Å². The largest absolute Gasteiger partial charge is 0.241 e. The third-order valence-electron chi connectivity index (χ3n) is 2.17. The van der Waals surface area contributed by atoms with Crippen molar-refractivity contribution >= 4 is 0 Å². The number of nitrogens with zero attached hydrogens (tertiary/aromatic N) is 2. The molecule has 75 valence electrons. The average molecular weight is 235 g/mol. The normalized spacial score (nSPS) is 9.47. The van der Waals surface area contributed by atoms with Gasteiger partial charge in [-0.15, -0.1) is 0 Å². The van der Waals surface area contributed by atoms with Gasteiger partial charge in [0.2, 0.25) is 0 Å². The van der Waals surface area contributed by atoms with E-state index in [4.69, 9.17) is 0 Å². The van der Waals surface area contributed by atoms with Gasteiger partial charge >= 0.3 is 0 Å². The summed E-state index contributed by atoms with van der Waals surface area (Å²) in [5, 5.41) is 0. The molecule has 0 fully saturated rings. The maximum Gasteiger partial charge on any atom is 0.125 e. The summed E-state index contributed by atoms with van der Waals surface area (Å²) in [5.41, 5.74) is 3.49. The zero-order valence-electron chi connectivity index (χ0n) is 8.81. The van der Waals surface area contributed by atoms with Gasteiger partial charge in [-0.2, -0.15) is 0 Å². The Morgan fingerprint density at radius 3 is 1.87 bits per heavy atom. The first-order chi connectivity index (χ1) is 6.75. The van der Waals surface area contributed by atoms with Crippen molar-refractivity contribution in [3.63, 3.8) is 0 Å². The van der Waals surface area contributed by atoms with Crippen molar-refractivity contribution in [1.82, 2.24) is 9.97 Å². The molecule has 1 radical (unpaired) electrons. The van der Waals surface area contributed by atoms with E-state index >= 15 is 0 Å². The van der Waals surface area contributed by atoms with Crippen molar-refractivity contribution in [3.8, 4) is 11.1 Å². The van der Waals surface area contributed by atoms with E-state index in [1.807, 2.05) is 19.3 Å². The van der Waals surface area contributed by atoms with Gasteiger partial charge < -0.3 is 0 Å². The molecule has 0 aliphatic carbocycles. The fourth-order valence-electron chi connectivity index (χ4n) is 1.29. The Bertz CT molecular complexity index is 377. The van der Waals surface area contributed by atoms with Gasteiger partial charge in [0.25, 0.3) is 0 Å². The minimum atomic E-state index is 0. The van der Waals surface area contributed by atoms with Crippen LogP contribution < -0.4 is 0 Å². The van der Waals surface area contributed by atoms with Gasteiger partial charge in [0.05, 0.1) is 0 Å². The zero-order valence-corrected chi connectivity index (χ0v) is 10.2. The molecule has 0 N–H and O–H groups in total. The fraction of sp³-hybridized carbons (Fsp3) is 0.167. The smallest absolute Gasteiger partial charge is 0.125 e. The summed E-state index contributed by atoms with van der Waals surface area (Å²) in [4.78, 5) is 8.33. The van der Waals surface area contributed by atoms with Crippen LogP contribution in [0, 0.1) is 13.8 Å². The Labute approximate surface area is 102 Å². The number of hydrogen-bond acceptors (Lipinski definition) is 2. The molecular weight excluding hydrogens is 223 g/mol. The molecule has 3 heteroatoms. The summed E-state index contributed by atoms with van der Waals surface area (Å²) >= 11 is 0. The van der Waals surface area contributed by atoms with Crippen molar-refractivity contribution in [2.24, 2.45) is 0 Å². The SMILES string of the molecule is Cc1ccc(-c2cnc(C)nc2)cc1.[V]. The van der Waals surface area contributed by atoms with E-state index in [2.05, 4.69) is 41.2 Å². The summed E-state index contributed by atoms with van der Waals surface area (Å²) in [6.07, 6.45) is 3.71. The molecule has 15 heavy (non-hydrogen) atoms. The zero-order chi connectivity index (χ0) is 9.97. The maximum absolute atomic E-state index is 4.17. The maximum atomic E-state index is 4.17. The molecule has 1 heterocycles. The molecule has 2 aromatic rings. The van der Waals surface area contributed by atoms with Crippen molar-refractivity contribution in [2.75, 3.05) is 0 Å². The Morgan fingerprint density at radius 1 is 0.800 bits per heavy atom. The molecule has 0 amide bonds. The Balaban J connectivity index is 0.00000112. The molecule has 0 saturated carbocycles. The number of rotatable bonds is 1. The standard InChI is InChI=1S/C12H12N2.V/c1-9-3-5-11(6-4-9)12-7-13-10(2)14-8-12;/h3-8H,1-2H3;. The summed E-state index contributed by atoms with van der Waals surface area (Å²) in [7, 11) is 0. The molecule has 0 atom stereocenters. The van der Waals surface area contributed by atoms with Crippen LogP contribution in [0.3, 0.4) is 0 Å². The van der Waals surface area contributed by atoms with Crippen LogP contribution in [0.15, 0.2) is 36.7 Å². The van der Waals surface area contributed by atoms with Crippen LogP contribution in [0.1, 0.15) is 11.4 Å². The second-order valence-electron chi connectivity index (χ2n) is 3.38. The number of benzene rings is 1. The molecule has 1 aromatic carbocycles. The van der Waals surface area contributed by atoms with Gasteiger partial charge in [-0.1, -0.05) is 29.8 Å². The van der Waals surface area contributed by atoms with Gasteiger partial charge in [0.15, 0.2) is 0 Å². The second kappa shape index (κ2) is 5.10. The molecule has 2 nitrogen and oxygen atoms in total. The molecule has 0 saturated heterocycles. The first kappa shape index (κ1) is 12.0. The summed E-state index contributed by atoms with van der Waals surface area (Å²) in [6, 6.07) is 8.36. The molecule has 0 unspecified atom stereocenters. The number of aryl methyl sites for hydroxylation is 2. The Morgan fingerprint density at radius 2 is 1.33 bits per heavy atom. The summed E-state index contributed by atoms with van der Waals surface area (Å²) in [5.74, 6) is 0.806. The Hall–Kier alpha value is -1.12. The molecule has 2 rings (SSSR count). The Kier molecular flexibility index (Phi) is 4.07. The minimum absolute atomic E-state index is 0. The van der Waals surface area contributed by atoms with Gasteiger partial charge in [0.1, 0.15) is 5.82 Å². The molecule has 1 aromatic heterocycles. The third-order valence-corrected chi connectivity index (χ3v) is 2.17. The first-order valence-corrected chi connectivity index (χ1v) is 4.61. The topological polar surface area (TPSA) is 25.8 Å². The van der Waals surface area contributed by atoms with Crippen LogP contribution in [0.25, 0.3) is 11.1 Å². The monoisotopic (exact) mass is 235 g/mol. The van der Waals surface area contributed by atoms with Crippen molar-refractivity contribution < 1.29 is 18.6 Å². The molecule has 0 spiro atoms. The fourth-order valence-corrected chi connectivity index (χ4v) is 1.29. The minimum Gasteiger partial charge on any atom is -0.241 e. The predicted molar refractivity (Wildman–Crippen MR) is 56.9 cm³/mol.